The molecule has 0 saturated heterocycles. The summed E-state index contributed by atoms with van der Waals surface area (Å²) in [6.45, 7) is -2.93. The van der Waals surface area contributed by atoms with Crippen LogP contribution in [0.25, 0.3) is 5.70 Å². The SMILES string of the molecule is O=C1C=C(c2ccc(OC(F)F)c(OC3CCCC3)c2)N=N1. The minimum absolute atomic E-state index is 0.00362. The minimum atomic E-state index is -2.93. The van der Waals surface area contributed by atoms with Crippen LogP contribution in [0.15, 0.2) is 34.5 Å². The Kier molecular flexibility index (Phi) is 4.13. The highest BCUT2D eigenvalue weighted by Gasteiger charge is 2.21. The van der Waals surface area contributed by atoms with Gasteiger partial charge >= 0.3 is 6.61 Å². The smallest absolute Gasteiger partial charge is 0.387 e. The topological polar surface area (TPSA) is 60.2 Å². The predicted molar refractivity (Wildman–Crippen MR) is 73.8 cm³/mol. The average Bonchev–Trinajstić information content (AvgIpc) is 3.12. The molecule has 0 bridgehead atoms. The lowest BCUT2D eigenvalue weighted by molar-refractivity contribution is -0.113. The molecule has 1 heterocycles. The summed E-state index contributed by atoms with van der Waals surface area (Å²) in [6.07, 6.45) is 5.17. The van der Waals surface area contributed by atoms with Crippen molar-refractivity contribution < 1.29 is 23.0 Å². The Morgan fingerprint density at radius 2 is 1.91 bits per heavy atom. The van der Waals surface area contributed by atoms with Crippen LogP contribution in [-0.2, 0) is 4.79 Å². The van der Waals surface area contributed by atoms with Gasteiger partial charge in [-0.3, -0.25) is 4.79 Å². The first-order valence-electron chi connectivity index (χ1n) is 7.05. The van der Waals surface area contributed by atoms with Gasteiger partial charge in [-0.25, -0.2) is 0 Å². The van der Waals surface area contributed by atoms with Gasteiger partial charge in [0, 0.05) is 11.6 Å². The molecular formula is C15H14F2N2O3. The van der Waals surface area contributed by atoms with Crippen LogP contribution in [0.3, 0.4) is 0 Å². The summed E-state index contributed by atoms with van der Waals surface area (Å²) in [7, 11) is 0. The van der Waals surface area contributed by atoms with Gasteiger partial charge in [0.1, 0.15) is 0 Å². The molecule has 7 heteroatoms. The predicted octanol–water partition coefficient (Wildman–Crippen LogP) is 3.94. The summed E-state index contributed by atoms with van der Waals surface area (Å²) < 4.78 is 35.3. The number of hydrogen-bond donors (Lipinski definition) is 0. The molecule has 1 saturated carbocycles. The van der Waals surface area contributed by atoms with Gasteiger partial charge in [0.2, 0.25) is 0 Å². The first-order chi connectivity index (χ1) is 10.6. The van der Waals surface area contributed by atoms with Gasteiger partial charge in [0.05, 0.1) is 11.8 Å². The highest BCUT2D eigenvalue weighted by Crippen LogP contribution is 2.36. The van der Waals surface area contributed by atoms with Gasteiger partial charge in [0.25, 0.3) is 5.91 Å². The first kappa shape index (κ1) is 14.6. The standard InChI is InChI=1S/C15H14F2N2O3/c16-15(17)22-12-6-5-9(11-8-14(20)19-18-11)7-13(12)21-10-3-1-2-4-10/h5-8,10,15H,1-4H2. The van der Waals surface area contributed by atoms with Crippen LogP contribution in [0.5, 0.6) is 11.5 Å². The van der Waals surface area contributed by atoms with Crippen LogP contribution in [0.1, 0.15) is 31.2 Å². The lowest BCUT2D eigenvalue weighted by atomic mass is 10.1. The quantitative estimate of drug-likeness (QED) is 0.827. The molecule has 0 radical (unpaired) electrons. The fourth-order valence-corrected chi connectivity index (χ4v) is 2.56. The summed E-state index contributed by atoms with van der Waals surface area (Å²) >= 11 is 0. The van der Waals surface area contributed by atoms with Crippen molar-refractivity contribution in [2.75, 3.05) is 0 Å². The molecule has 2 aliphatic rings. The van der Waals surface area contributed by atoms with Crippen molar-refractivity contribution in [2.45, 2.75) is 38.4 Å². The third-order valence-electron chi connectivity index (χ3n) is 3.57. The van der Waals surface area contributed by atoms with E-state index in [1.54, 1.807) is 12.1 Å². The average molecular weight is 308 g/mol. The number of benzene rings is 1. The van der Waals surface area contributed by atoms with Crippen molar-refractivity contribution in [1.82, 2.24) is 0 Å². The Morgan fingerprint density at radius 1 is 1.14 bits per heavy atom. The summed E-state index contributed by atoms with van der Waals surface area (Å²) in [5.74, 6) is -0.228. The molecule has 0 atom stereocenters. The molecule has 0 aromatic heterocycles. The van der Waals surface area contributed by atoms with Crippen molar-refractivity contribution in [3.63, 3.8) is 0 Å². The minimum Gasteiger partial charge on any atom is -0.487 e. The molecule has 1 aromatic rings. The number of rotatable bonds is 5. The van der Waals surface area contributed by atoms with E-state index in [1.165, 1.54) is 12.1 Å². The third kappa shape index (κ3) is 3.29. The van der Waals surface area contributed by atoms with Crippen LogP contribution < -0.4 is 9.47 Å². The molecule has 1 fully saturated rings. The number of carbonyl (C=O) groups excluding carboxylic acids is 1. The van der Waals surface area contributed by atoms with E-state index in [4.69, 9.17) is 4.74 Å². The molecule has 22 heavy (non-hydrogen) atoms. The number of alkyl halides is 2. The highest BCUT2D eigenvalue weighted by molar-refractivity contribution is 5.98. The fourth-order valence-electron chi connectivity index (χ4n) is 2.56. The van der Waals surface area contributed by atoms with E-state index in [2.05, 4.69) is 15.0 Å². The van der Waals surface area contributed by atoms with Crippen molar-refractivity contribution >= 4 is 11.6 Å². The van der Waals surface area contributed by atoms with Gasteiger partial charge < -0.3 is 9.47 Å². The Bertz CT molecular complexity index is 638. The molecule has 3 rings (SSSR count). The highest BCUT2D eigenvalue weighted by atomic mass is 19.3. The molecule has 1 aliphatic carbocycles. The molecule has 1 aromatic carbocycles. The van der Waals surface area contributed by atoms with E-state index in [1.807, 2.05) is 0 Å². The zero-order valence-electron chi connectivity index (χ0n) is 11.7. The van der Waals surface area contributed by atoms with E-state index in [9.17, 15) is 13.6 Å². The number of amides is 1. The molecule has 0 spiro atoms. The normalized spacial score (nSPS) is 18.1. The van der Waals surface area contributed by atoms with Crippen LogP contribution in [0.2, 0.25) is 0 Å². The Balaban J connectivity index is 1.89. The number of carbonyl (C=O) groups is 1. The van der Waals surface area contributed by atoms with E-state index < -0.39 is 12.5 Å². The lowest BCUT2D eigenvalue weighted by Crippen LogP contribution is -2.13. The maximum Gasteiger partial charge on any atom is 0.387 e. The van der Waals surface area contributed by atoms with E-state index >= 15 is 0 Å². The van der Waals surface area contributed by atoms with Gasteiger partial charge in [0.15, 0.2) is 11.5 Å². The Hall–Kier alpha value is -2.31. The van der Waals surface area contributed by atoms with Crippen LogP contribution >= 0.6 is 0 Å². The first-order valence-corrected chi connectivity index (χ1v) is 7.05. The summed E-state index contributed by atoms with van der Waals surface area (Å²) in [5.41, 5.74) is 0.953. The fraction of sp³-hybridized carbons (Fsp3) is 0.400. The molecule has 1 aliphatic heterocycles. The van der Waals surface area contributed by atoms with Crippen molar-refractivity contribution in [1.29, 1.82) is 0 Å². The lowest BCUT2D eigenvalue weighted by Gasteiger charge is -2.17. The van der Waals surface area contributed by atoms with Crippen molar-refractivity contribution in [3.8, 4) is 11.5 Å². The van der Waals surface area contributed by atoms with Gasteiger partial charge in [-0.2, -0.15) is 8.78 Å². The number of hydrogen-bond acceptors (Lipinski definition) is 4. The molecule has 1 amide bonds. The summed E-state index contributed by atoms with van der Waals surface area (Å²) in [5, 5.41) is 7.14. The second-order valence-corrected chi connectivity index (χ2v) is 5.13. The second kappa shape index (κ2) is 6.21. The summed E-state index contributed by atoms with van der Waals surface area (Å²) in [4.78, 5) is 11.1. The van der Waals surface area contributed by atoms with E-state index in [-0.39, 0.29) is 17.6 Å². The van der Waals surface area contributed by atoms with Gasteiger partial charge in [-0.05, 0) is 43.9 Å². The van der Waals surface area contributed by atoms with Gasteiger partial charge in [-0.15, -0.1) is 10.2 Å². The van der Waals surface area contributed by atoms with E-state index in [0.717, 1.165) is 25.7 Å². The maximum absolute atomic E-state index is 12.5. The number of nitrogens with zero attached hydrogens (tertiary/aromatic N) is 2. The number of azo groups is 1. The Morgan fingerprint density at radius 3 is 2.55 bits per heavy atom. The molecular weight excluding hydrogens is 294 g/mol. The molecule has 116 valence electrons. The van der Waals surface area contributed by atoms with Crippen molar-refractivity contribution in [3.05, 3.63) is 29.8 Å². The van der Waals surface area contributed by atoms with Crippen LogP contribution in [0, 0.1) is 0 Å². The molecule has 5 nitrogen and oxygen atoms in total. The summed E-state index contributed by atoms with van der Waals surface area (Å²) in [6, 6.07) is 4.49. The van der Waals surface area contributed by atoms with Gasteiger partial charge in [-0.1, -0.05) is 0 Å². The van der Waals surface area contributed by atoms with E-state index in [0.29, 0.717) is 11.3 Å². The van der Waals surface area contributed by atoms with Crippen LogP contribution in [-0.4, -0.2) is 18.6 Å². The molecule has 0 unspecified atom stereocenters. The number of ether oxygens (including phenoxy) is 2. The zero-order chi connectivity index (χ0) is 15.5. The zero-order valence-corrected chi connectivity index (χ0v) is 11.7. The Labute approximate surface area is 125 Å². The second-order valence-electron chi connectivity index (χ2n) is 5.13. The maximum atomic E-state index is 12.5. The van der Waals surface area contributed by atoms with Crippen LogP contribution in [0.4, 0.5) is 8.78 Å². The number of halogens is 2. The third-order valence-corrected chi connectivity index (χ3v) is 3.57. The monoisotopic (exact) mass is 308 g/mol. The van der Waals surface area contributed by atoms with Crippen molar-refractivity contribution in [2.24, 2.45) is 10.2 Å². The molecule has 0 N–H and O–H groups in total. The largest absolute Gasteiger partial charge is 0.487 e.